The number of nitrogens with one attached hydrogen (secondary N) is 1. The molecule has 5 fully saturated rings. The fraction of sp³-hybridized carbons (Fsp3) is 0.429. The number of esters is 1. The molecule has 4 bridgehead atoms. The maximum Gasteiger partial charge on any atom is 0.338 e. The highest BCUT2D eigenvalue weighted by molar-refractivity contribution is 8.26. The lowest BCUT2D eigenvalue weighted by Gasteiger charge is -2.55. The highest BCUT2D eigenvalue weighted by atomic mass is 32.2. The number of hydrogen-bond donors (Lipinski definition) is 1. The fourth-order valence-corrected chi connectivity index (χ4v) is 8.06. The predicted octanol–water partition coefficient (Wildman–Crippen LogP) is 5.57. The van der Waals surface area contributed by atoms with Crippen molar-refractivity contribution in [2.45, 2.75) is 45.4 Å². The van der Waals surface area contributed by atoms with Gasteiger partial charge in [-0.15, -0.1) is 0 Å². The van der Waals surface area contributed by atoms with Gasteiger partial charge in [0.2, 0.25) is 5.91 Å². The van der Waals surface area contributed by atoms with Gasteiger partial charge in [0.1, 0.15) is 11.5 Å². The lowest BCUT2D eigenvalue weighted by atomic mass is 9.49. The van der Waals surface area contributed by atoms with E-state index in [1.807, 2.05) is 6.07 Å². The van der Waals surface area contributed by atoms with E-state index < -0.39 is 5.97 Å². The molecule has 0 unspecified atom stereocenters. The van der Waals surface area contributed by atoms with E-state index in [1.165, 1.54) is 24.3 Å². The molecule has 1 aliphatic heterocycles. The molecule has 1 aromatic heterocycles. The number of nitrogens with zero attached hydrogens (tertiary/aromatic N) is 1. The summed E-state index contributed by atoms with van der Waals surface area (Å²) in [5, 5.41) is 1.22. The van der Waals surface area contributed by atoms with Gasteiger partial charge in [0.15, 0.2) is 4.32 Å². The molecular weight excluding hydrogens is 508 g/mol. The summed E-state index contributed by atoms with van der Waals surface area (Å²) in [6, 6.07) is 10.5. The van der Waals surface area contributed by atoms with Crippen LogP contribution < -0.4 is 5.43 Å². The summed E-state index contributed by atoms with van der Waals surface area (Å²) in [5.41, 5.74) is 3.67. The highest BCUT2D eigenvalue weighted by Crippen LogP contribution is 2.60. The number of carbonyl (C=O) groups excluding carboxylic acids is 3. The molecule has 2 amide bonds. The molecule has 7 rings (SSSR count). The monoisotopic (exact) mass is 536 g/mol. The van der Waals surface area contributed by atoms with E-state index in [0.717, 1.165) is 36.6 Å². The van der Waals surface area contributed by atoms with Gasteiger partial charge in [-0.2, -0.15) is 5.01 Å². The Kier molecular flexibility index (Phi) is 6.23. The lowest BCUT2D eigenvalue weighted by molar-refractivity contribution is -0.152. The minimum atomic E-state index is -0.393. The number of amides is 2. The molecule has 4 aliphatic carbocycles. The molecule has 2 heterocycles. The molecule has 1 saturated heterocycles. The van der Waals surface area contributed by atoms with Crippen molar-refractivity contribution >= 4 is 52.2 Å². The number of carbonyl (C=O) groups is 3. The summed E-state index contributed by atoms with van der Waals surface area (Å²) >= 11 is 6.60. The quantitative estimate of drug-likeness (QED) is 0.293. The molecule has 5 aliphatic rings. The third-order valence-corrected chi connectivity index (χ3v) is 9.39. The van der Waals surface area contributed by atoms with E-state index in [0.29, 0.717) is 50.7 Å². The predicted molar refractivity (Wildman–Crippen MR) is 144 cm³/mol. The first-order chi connectivity index (χ1) is 17.8. The molecule has 0 atom stereocenters. The second-order valence-electron chi connectivity index (χ2n) is 10.7. The van der Waals surface area contributed by atoms with Crippen molar-refractivity contribution in [1.29, 1.82) is 0 Å². The van der Waals surface area contributed by atoms with Crippen LogP contribution in [-0.4, -0.2) is 33.7 Å². The zero-order valence-electron chi connectivity index (χ0n) is 20.5. The van der Waals surface area contributed by atoms with E-state index in [1.54, 1.807) is 43.3 Å². The van der Waals surface area contributed by atoms with Crippen LogP contribution in [-0.2, 0) is 14.3 Å². The van der Waals surface area contributed by atoms with Crippen molar-refractivity contribution in [2.24, 2.45) is 23.2 Å². The van der Waals surface area contributed by atoms with Crippen molar-refractivity contribution in [3.8, 4) is 11.3 Å². The third-order valence-electron chi connectivity index (χ3n) is 8.09. The van der Waals surface area contributed by atoms with Crippen LogP contribution in [0.15, 0.2) is 45.7 Å². The third kappa shape index (κ3) is 4.52. The Labute approximate surface area is 224 Å². The van der Waals surface area contributed by atoms with Crippen LogP contribution in [0.25, 0.3) is 17.4 Å². The standard InChI is InChI=1S/C28H28N2O5S2/c1-2-34-25(32)20-5-3-4-19(11-20)22-7-6-21(35-22)12-23-24(31)30(27(36)37-23)29-26(33)28-13-16-8-17(14-28)10-18(9-16)15-28/h3-7,11-12,16-18H,2,8-10,13-15H2,1H3,(H,29,33). The molecule has 0 spiro atoms. The smallest absolute Gasteiger partial charge is 0.338 e. The van der Waals surface area contributed by atoms with Crippen molar-refractivity contribution in [1.82, 2.24) is 10.4 Å². The average molecular weight is 537 g/mol. The van der Waals surface area contributed by atoms with Gasteiger partial charge in [0, 0.05) is 11.6 Å². The number of hydrogen-bond acceptors (Lipinski definition) is 7. The second-order valence-corrected chi connectivity index (χ2v) is 12.3. The number of thiocarbonyl (C=S) groups is 1. The molecule has 0 radical (unpaired) electrons. The molecule has 2 aromatic rings. The van der Waals surface area contributed by atoms with Gasteiger partial charge >= 0.3 is 5.97 Å². The molecular formula is C28H28N2O5S2. The first-order valence-corrected chi connectivity index (χ1v) is 14.0. The number of thioether (sulfide) groups is 1. The summed E-state index contributed by atoms with van der Waals surface area (Å²) in [5.74, 6) is 2.13. The molecule has 4 saturated carbocycles. The summed E-state index contributed by atoms with van der Waals surface area (Å²) < 4.78 is 11.3. The van der Waals surface area contributed by atoms with E-state index in [9.17, 15) is 14.4 Å². The van der Waals surface area contributed by atoms with Crippen LogP contribution in [0.2, 0.25) is 0 Å². The van der Waals surface area contributed by atoms with E-state index in [4.69, 9.17) is 21.4 Å². The number of rotatable bonds is 6. The van der Waals surface area contributed by atoms with Crippen LogP contribution in [0.5, 0.6) is 0 Å². The summed E-state index contributed by atoms with van der Waals surface area (Å²) in [6.45, 7) is 2.06. The zero-order valence-corrected chi connectivity index (χ0v) is 22.2. The topological polar surface area (TPSA) is 88.9 Å². The van der Waals surface area contributed by atoms with E-state index in [-0.39, 0.29) is 17.2 Å². The van der Waals surface area contributed by atoms with Gasteiger partial charge < -0.3 is 9.15 Å². The average Bonchev–Trinajstić information content (AvgIpc) is 3.44. The van der Waals surface area contributed by atoms with Gasteiger partial charge in [-0.3, -0.25) is 15.0 Å². The summed E-state index contributed by atoms with van der Waals surface area (Å²) in [6.07, 6.45) is 8.12. The Hall–Kier alpha value is -2.91. The fourth-order valence-electron chi connectivity index (χ4n) is 6.90. The summed E-state index contributed by atoms with van der Waals surface area (Å²) in [7, 11) is 0. The number of benzene rings is 1. The van der Waals surface area contributed by atoms with Crippen LogP contribution in [0, 0.1) is 23.2 Å². The van der Waals surface area contributed by atoms with E-state index in [2.05, 4.69) is 5.43 Å². The molecule has 192 valence electrons. The van der Waals surface area contributed by atoms with Crippen molar-refractivity contribution in [2.75, 3.05) is 6.61 Å². The van der Waals surface area contributed by atoms with Crippen molar-refractivity contribution in [3.63, 3.8) is 0 Å². The molecule has 37 heavy (non-hydrogen) atoms. The minimum absolute atomic E-state index is 0.0640. The molecule has 9 heteroatoms. The second kappa shape index (κ2) is 9.44. The first-order valence-electron chi connectivity index (χ1n) is 12.8. The summed E-state index contributed by atoms with van der Waals surface area (Å²) in [4.78, 5) is 39.1. The Bertz CT molecular complexity index is 1290. The molecule has 1 aromatic carbocycles. The van der Waals surface area contributed by atoms with Crippen LogP contribution in [0.1, 0.15) is 61.6 Å². The Morgan fingerprint density at radius 1 is 1.16 bits per heavy atom. The lowest BCUT2D eigenvalue weighted by Crippen LogP contribution is -2.57. The van der Waals surface area contributed by atoms with Crippen LogP contribution in [0.3, 0.4) is 0 Å². The van der Waals surface area contributed by atoms with Gasteiger partial charge in [-0.25, -0.2) is 4.79 Å². The number of hydrazine groups is 1. The van der Waals surface area contributed by atoms with Gasteiger partial charge in [-0.1, -0.05) is 23.9 Å². The zero-order chi connectivity index (χ0) is 25.7. The Morgan fingerprint density at radius 2 is 1.86 bits per heavy atom. The minimum Gasteiger partial charge on any atom is -0.462 e. The van der Waals surface area contributed by atoms with Crippen molar-refractivity contribution in [3.05, 3.63) is 52.6 Å². The Morgan fingerprint density at radius 3 is 2.54 bits per heavy atom. The number of furan rings is 1. The van der Waals surface area contributed by atoms with Crippen LogP contribution >= 0.6 is 24.0 Å². The van der Waals surface area contributed by atoms with Gasteiger partial charge in [0.05, 0.1) is 22.5 Å². The first kappa shape index (κ1) is 24.4. The van der Waals surface area contributed by atoms with E-state index >= 15 is 0 Å². The highest BCUT2D eigenvalue weighted by Gasteiger charge is 2.55. The molecule has 1 N–H and O–H groups in total. The number of ether oxygens (including phenoxy) is 1. The Balaban J connectivity index is 1.16. The van der Waals surface area contributed by atoms with Crippen molar-refractivity contribution < 1.29 is 23.5 Å². The maximum absolute atomic E-state index is 13.4. The van der Waals surface area contributed by atoms with Gasteiger partial charge in [-0.05, 0) is 99.7 Å². The largest absolute Gasteiger partial charge is 0.462 e. The molecule has 7 nitrogen and oxygen atoms in total. The SMILES string of the molecule is CCOC(=O)c1cccc(-c2ccc(C=C3SC(=S)N(NC(=O)C45CC6CC(CC(C6)C4)C5)C3=O)o2)c1. The van der Waals surface area contributed by atoms with Gasteiger partial charge in [0.25, 0.3) is 5.91 Å². The maximum atomic E-state index is 13.4. The normalized spacial score (nSPS) is 29.3. The van der Waals surface area contributed by atoms with Crippen LogP contribution in [0.4, 0.5) is 0 Å².